The predicted octanol–water partition coefficient (Wildman–Crippen LogP) is 13.4. The molecule has 0 spiro atoms. The standard InChI is InChI=1S/C42H27N3S3/c1-2-8-30(9-3-1)45-35-20-16-28(26-14-18-33-39(22-26)46-37-12-6-4-10-31(37)43-33)24-41(35)48-42-25-29(17-21-36(42)45)27-15-19-34-40(23-27)47-38-13-7-5-11-32(38)44-34/h1-25,43-44H. The molecular weight excluding hydrogens is 643 g/mol. The Labute approximate surface area is 292 Å². The van der Waals surface area contributed by atoms with E-state index in [1.54, 1.807) is 0 Å². The largest absolute Gasteiger partial charge is 0.354 e. The topological polar surface area (TPSA) is 27.3 Å². The molecule has 0 aromatic heterocycles. The number of nitrogens with one attached hydrogen (secondary N) is 2. The number of benzene rings is 7. The molecule has 10 rings (SSSR count). The Kier molecular flexibility index (Phi) is 6.61. The van der Waals surface area contributed by atoms with Gasteiger partial charge < -0.3 is 15.5 Å². The Morgan fingerprint density at radius 3 is 1.25 bits per heavy atom. The SMILES string of the molecule is c1ccc(N2c3ccc(-c4ccc5c(c4)Sc4ccccc4N5)cc3Sc3cc(-c4ccc5c(c4)Sc4ccccc4N5)ccc32)cc1. The summed E-state index contributed by atoms with van der Waals surface area (Å²) in [6, 6.07) is 55.1. The van der Waals surface area contributed by atoms with Crippen LogP contribution in [0.2, 0.25) is 0 Å². The van der Waals surface area contributed by atoms with Crippen LogP contribution in [0.15, 0.2) is 181 Å². The number of rotatable bonds is 3. The third-order valence-electron chi connectivity index (χ3n) is 9.02. The first kappa shape index (κ1) is 28.0. The molecule has 6 heteroatoms. The van der Waals surface area contributed by atoms with E-state index in [4.69, 9.17) is 0 Å². The molecule has 0 bridgehead atoms. The van der Waals surface area contributed by atoms with Gasteiger partial charge in [-0.2, -0.15) is 0 Å². The second kappa shape index (κ2) is 11.3. The molecular formula is C42H27N3S3. The fourth-order valence-electron chi connectivity index (χ4n) is 6.65. The Morgan fingerprint density at radius 1 is 0.333 bits per heavy atom. The maximum Gasteiger partial charge on any atom is 0.0602 e. The van der Waals surface area contributed by atoms with Gasteiger partial charge in [-0.25, -0.2) is 0 Å². The lowest BCUT2D eigenvalue weighted by Gasteiger charge is -2.33. The highest BCUT2D eigenvalue weighted by molar-refractivity contribution is 8.00. The van der Waals surface area contributed by atoms with E-state index in [-0.39, 0.29) is 0 Å². The molecule has 0 fully saturated rings. The van der Waals surface area contributed by atoms with E-state index in [2.05, 4.69) is 167 Å². The van der Waals surface area contributed by atoms with E-state index in [1.165, 1.54) is 74.4 Å². The lowest BCUT2D eigenvalue weighted by Crippen LogP contribution is -2.14. The van der Waals surface area contributed by atoms with Crippen LogP contribution >= 0.6 is 35.3 Å². The average Bonchev–Trinajstić information content (AvgIpc) is 3.14. The van der Waals surface area contributed by atoms with Crippen LogP contribution in [0, 0.1) is 0 Å². The predicted molar refractivity (Wildman–Crippen MR) is 204 cm³/mol. The minimum absolute atomic E-state index is 1.16. The highest BCUT2D eigenvalue weighted by Gasteiger charge is 2.26. The molecule has 2 N–H and O–H groups in total. The van der Waals surface area contributed by atoms with Gasteiger partial charge in [0.05, 0.1) is 34.1 Å². The smallest absolute Gasteiger partial charge is 0.0602 e. The van der Waals surface area contributed by atoms with Gasteiger partial charge in [-0.3, -0.25) is 0 Å². The number of fused-ring (bicyclic) bond motifs is 6. The van der Waals surface area contributed by atoms with Gasteiger partial charge in [-0.15, -0.1) is 0 Å². The monoisotopic (exact) mass is 669 g/mol. The van der Waals surface area contributed by atoms with E-state index in [1.807, 2.05) is 35.3 Å². The minimum atomic E-state index is 1.16. The quantitative estimate of drug-likeness (QED) is 0.194. The van der Waals surface area contributed by atoms with Gasteiger partial charge in [0.2, 0.25) is 0 Å². The second-order valence-electron chi connectivity index (χ2n) is 12.0. The van der Waals surface area contributed by atoms with Gasteiger partial charge in [-0.1, -0.05) is 102 Å². The molecule has 3 aliphatic heterocycles. The van der Waals surface area contributed by atoms with Crippen LogP contribution in [0.3, 0.4) is 0 Å². The molecule has 48 heavy (non-hydrogen) atoms. The van der Waals surface area contributed by atoms with E-state index in [9.17, 15) is 0 Å². The van der Waals surface area contributed by atoms with Crippen molar-refractivity contribution in [3.05, 3.63) is 152 Å². The van der Waals surface area contributed by atoms with Crippen molar-refractivity contribution < 1.29 is 0 Å². The Balaban J connectivity index is 1.03. The molecule has 0 atom stereocenters. The van der Waals surface area contributed by atoms with E-state index < -0.39 is 0 Å². The van der Waals surface area contributed by atoms with Crippen molar-refractivity contribution in [3.63, 3.8) is 0 Å². The fraction of sp³-hybridized carbons (Fsp3) is 0. The first-order chi connectivity index (χ1) is 23.7. The number of nitrogens with zero attached hydrogens (tertiary/aromatic N) is 1. The molecule has 0 aliphatic carbocycles. The number of para-hydroxylation sites is 3. The summed E-state index contributed by atoms with van der Waals surface area (Å²) in [6.45, 7) is 0. The molecule has 0 unspecified atom stereocenters. The summed E-state index contributed by atoms with van der Waals surface area (Å²) in [5, 5.41) is 7.22. The van der Waals surface area contributed by atoms with Crippen molar-refractivity contribution >= 4 is 75.1 Å². The summed E-state index contributed by atoms with van der Waals surface area (Å²) in [7, 11) is 0. The van der Waals surface area contributed by atoms with Gasteiger partial charge in [0.25, 0.3) is 0 Å². The fourth-order valence-corrected chi connectivity index (χ4v) is 9.84. The van der Waals surface area contributed by atoms with Gasteiger partial charge in [0.1, 0.15) is 0 Å². The highest BCUT2D eigenvalue weighted by Crippen LogP contribution is 2.54. The molecule has 3 aliphatic rings. The van der Waals surface area contributed by atoms with E-state index in [0.29, 0.717) is 0 Å². The zero-order chi connectivity index (χ0) is 31.6. The zero-order valence-electron chi connectivity index (χ0n) is 25.6. The summed E-state index contributed by atoms with van der Waals surface area (Å²) in [5.74, 6) is 0. The molecule has 228 valence electrons. The van der Waals surface area contributed by atoms with Gasteiger partial charge >= 0.3 is 0 Å². The van der Waals surface area contributed by atoms with Crippen molar-refractivity contribution in [2.75, 3.05) is 15.5 Å². The van der Waals surface area contributed by atoms with E-state index >= 15 is 0 Å². The third kappa shape index (κ3) is 4.79. The highest BCUT2D eigenvalue weighted by atomic mass is 32.2. The lowest BCUT2D eigenvalue weighted by molar-refractivity contribution is 1.17. The molecule has 0 saturated heterocycles. The van der Waals surface area contributed by atoms with Crippen LogP contribution in [0.4, 0.5) is 39.8 Å². The van der Waals surface area contributed by atoms with Crippen LogP contribution in [0.5, 0.6) is 0 Å². The van der Waals surface area contributed by atoms with E-state index in [0.717, 1.165) is 17.1 Å². The van der Waals surface area contributed by atoms with Gasteiger partial charge in [0, 0.05) is 35.1 Å². The zero-order valence-corrected chi connectivity index (χ0v) is 28.1. The first-order valence-electron chi connectivity index (χ1n) is 15.9. The number of anilines is 7. The third-order valence-corrected chi connectivity index (χ3v) is 12.4. The molecule has 0 amide bonds. The van der Waals surface area contributed by atoms with Crippen molar-refractivity contribution in [1.29, 1.82) is 0 Å². The molecule has 7 aromatic carbocycles. The minimum Gasteiger partial charge on any atom is -0.354 e. The van der Waals surface area contributed by atoms with Crippen LogP contribution in [0.1, 0.15) is 0 Å². The average molecular weight is 670 g/mol. The normalized spacial score (nSPS) is 13.5. The molecule has 3 nitrogen and oxygen atoms in total. The summed E-state index contributed by atoms with van der Waals surface area (Å²) in [5.41, 5.74) is 13.1. The van der Waals surface area contributed by atoms with Crippen molar-refractivity contribution in [1.82, 2.24) is 0 Å². The number of hydrogen-bond donors (Lipinski definition) is 2. The maximum absolute atomic E-state index is 3.61. The maximum atomic E-state index is 3.61. The van der Waals surface area contributed by atoms with Crippen LogP contribution in [-0.2, 0) is 0 Å². The van der Waals surface area contributed by atoms with Crippen molar-refractivity contribution in [3.8, 4) is 22.3 Å². The molecule has 7 aromatic rings. The first-order valence-corrected chi connectivity index (χ1v) is 18.4. The Bertz CT molecular complexity index is 2260. The second-order valence-corrected chi connectivity index (χ2v) is 15.3. The molecule has 3 heterocycles. The summed E-state index contributed by atoms with van der Waals surface area (Å²) in [6.07, 6.45) is 0. The van der Waals surface area contributed by atoms with Crippen LogP contribution < -0.4 is 15.5 Å². The summed E-state index contributed by atoms with van der Waals surface area (Å²) >= 11 is 5.52. The van der Waals surface area contributed by atoms with Crippen LogP contribution in [0.25, 0.3) is 22.3 Å². The summed E-state index contributed by atoms with van der Waals surface area (Å²) < 4.78 is 0. The summed E-state index contributed by atoms with van der Waals surface area (Å²) in [4.78, 5) is 9.91. The van der Waals surface area contributed by atoms with Crippen molar-refractivity contribution in [2.24, 2.45) is 0 Å². The Hall–Kier alpha value is -5.01. The van der Waals surface area contributed by atoms with Crippen molar-refractivity contribution in [2.45, 2.75) is 29.4 Å². The van der Waals surface area contributed by atoms with Gasteiger partial charge in [0.15, 0.2) is 0 Å². The lowest BCUT2D eigenvalue weighted by atomic mass is 10.0. The molecule has 0 radical (unpaired) electrons. The Morgan fingerprint density at radius 2 is 0.729 bits per heavy atom. The van der Waals surface area contributed by atoms with Crippen LogP contribution in [-0.4, -0.2) is 0 Å². The van der Waals surface area contributed by atoms with Gasteiger partial charge in [-0.05, 0) is 107 Å². The number of hydrogen-bond acceptors (Lipinski definition) is 6. The molecule has 0 saturated carbocycles.